The summed E-state index contributed by atoms with van der Waals surface area (Å²) < 4.78 is 7.93. The molecule has 1 amide bonds. The number of ether oxygens (including phenoxy) is 1. The molecule has 1 aliphatic carbocycles. The topological polar surface area (TPSA) is 34.5 Å². The fourth-order valence-corrected chi connectivity index (χ4v) is 3.91. The van der Waals surface area contributed by atoms with Gasteiger partial charge in [0, 0.05) is 43.7 Å². The molecular formula is C20H26N2O2. The van der Waals surface area contributed by atoms with E-state index in [1.54, 1.807) is 0 Å². The third kappa shape index (κ3) is 3.07. The first-order valence-electron chi connectivity index (χ1n) is 9.11. The van der Waals surface area contributed by atoms with E-state index in [0.29, 0.717) is 18.4 Å². The van der Waals surface area contributed by atoms with Gasteiger partial charge >= 0.3 is 0 Å². The minimum Gasteiger partial charge on any atom is -0.379 e. The van der Waals surface area contributed by atoms with E-state index in [0.717, 1.165) is 39.0 Å². The number of aromatic nitrogens is 1. The number of carbonyl (C=O) groups excluding carboxylic acids is 1. The van der Waals surface area contributed by atoms with Gasteiger partial charge in [0.1, 0.15) is 0 Å². The highest BCUT2D eigenvalue weighted by molar-refractivity contribution is 5.81. The Morgan fingerprint density at radius 1 is 1.29 bits per heavy atom. The first-order valence-corrected chi connectivity index (χ1v) is 9.11. The maximum Gasteiger partial charge on any atom is 0.225 e. The number of hydrogen-bond acceptors (Lipinski definition) is 2. The van der Waals surface area contributed by atoms with Crippen molar-refractivity contribution in [1.29, 1.82) is 0 Å². The van der Waals surface area contributed by atoms with Crippen molar-refractivity contribution in [1.82, 2.24) is 9.47 Å². The molecule has 2 aliphatic rings. The van der Waals surface area contributed by atoms with E-state index in [1.165, 1.54) is 22.9 Å². The molecule has 2 aromatic rings. The highest BCUT2D eigenvalue weighted by atomic mass is 16.5. The highest BCUT2D eigenvalue weighted by Crippen LogP contribution is 2.29. The van der Waals surface area contributed by atoms with Crippen LogP contribution in [0, 0.1) is 11.8 Å². The van der Waals surface area contributed by atoms with Crippen molar-refractivity contribution < 1.29 is 9.53 Å². The van der Waals surface area contributed by atoms with E-state index in [-0.39, 0.29) is 5.92 Å². The van der Waals surface area contributed by atoms with E-state index in [9.17, 15) is 4.79 Å². The molecule has 2 fully saturated rings. The van der Waals surface area contributed by atoms with Gasteiger partial charge in [-0.05, 0) is 48.4 Å². The molecule has 1 aromatic heterocycles. The van der Waals surface area contributed by atoms with Gasteiger partial charge in [-0.25, -0.2) is 0 Å². The Hall–Kier alpha value is -1.81. The Morgan fingerprint density at radius 2 is 2.17 bits per heavy atom. The molecule has 1 saturated heterocycles. The number of rotatable bonds is 3. The molecule has 4 rings (SSSR count). The molecule has 1 aliphatic heterocycles. The predicted octanol–water partition coefficient (Wildman–Crippen LogP) is 3.00. The van der Waals surface area contributed by atoms with Crippen molar-refractivity contribution in [2.45, 2.75) is 25.7 Å². The van der Waals surface area contributed by atoms with Crippen LogP contribution in [0.3, 0.4) is 0 Å². The lowest BCUT2D eigenvalue weighted by Gasteiger charge is -2.32. The predicted molar refractivity (Wildman–Crippen MR) is 94.9 cm³/mol. The minimum atomic E-state index is 0.282. The molecule has 0 bridgehead atoms. The number of amides is 1. The normalized spacial score (nSPS) is 22.4. The summed E-state index contributed by atoms with van der Waals surface area (Å²) in [4.78, 5) is 14.6. The highest BCUT2D eigenvalue weighted by Gasteiger charge is 2.31. The fourth-order valence-electron chi connectivity index (χ4n) is 3.91. The number of carbonyl (C=O) groups is 1. The van der Waals surface area contributed by atoms with Gasteiger partial charge in [-0.2, -0.15) is 0 Å². The molecule has 0 N–H and O–H groups in total. The molecule has 1 saturated carbocycles. The molecule has 0 unspecified atom stereocenters. The number of fused-ring (bicyclic) bond motifs is 1. The molecule has 1 aromatic carbocycles. The standard InChI is InChI=1S/C20H26N2O2/c1-21-8-7-18-12-15(5-6-19(18)21)11-16-13-22(9-10-24-14-16)20(23)17-3-2-4-17/h5-8,12,16-17H,2-4,9-11,13-14H2,1H3/t16-/m1/s1. The molecular weight excluding hydrogens is 300 g/mol. The molecule has 2 heterocycles. The third-order valence-electron chi connectivity index (χ3n) is 5.58. The van der Waals surface area contributed by atoms with Crippen molar-refractivity contribution in [2.24, 2.45) is 18.9 Å². The van der Waals surface area contributed by atoms with Crippen molar-refractivity contribution in [3.8, 4) is 0 Å². The molecule has 0 spiro atoms. The second kappa shape index (κ2) is 6.60. The van der Waals surface area contributed by atoms with Crippen molar-refractivity contribution in [3.05, 3.63) is 36.0 Å². The lowest BCUT2D eigenvalue weighted by Crippen LogP contribution is -2.42. The van der Waals surface area contributed by atoms with Crippen molar-refractivity contribution in [3.63, 3.8) is 0 Å². The summed E-state index contributed by atoms with van der Waals surface area (Å²) in [6, 6.07) is 8.85. The average molecular weight is 326 g/mol. The molecule has 0 radical (unpaired) electrons. The summed E-state index contributed by atoms with van der Waals surface area (Å²) in [5, 5.41) is 1.28. The van der Waals surface area contributed by atoms with E-state index < -0.39 is 0 Å². The molecule has 128 valence electrons. The van der Waals surface area contributed by atoms with Gasteiger partial charge in [0.05, 0.1) is 13.2 Å². The molecule has 1 atom stereocenters. The SMILES string of the molecule is Cn1ccc2cc(C[C@H]3COCCN(C(=O)C4CCC4)C3)ccc21. The van der Waals surface area contributed by atoms with Gasteiger partial charge in [0.15, 0.2) is 0 Å². The Labute approximate surface area is 143 Å². The summed E-state index contributed by atoms with van der Waals surface area (Å²) in [5.41, 5.74) is 2.60. The van der Waals surface area contributed by atoms with Gasteiger partial charge in [-0.15, -0.1) is 0 Å². The van der Waals surface area contributed by atoms with Crippen LogP contribution in [0.5, 0.6) is 0 Å². The summed E-state index contributed by atoms with van der Waals surface area (Å²) in [6.07, 6.45) is 6.43. The summed E-state index contributed by atoms with van der Waals surface area (Å²) in [7, 11) is 2.07. The lowest BCUT2D eigenvalue weighted by atomic mass is 9.84. The zero-order valence-corrected chi connectivity index (χ0v) is 14.4. The molecule has 4 nitrogen and oxygen atoms in total. The van der Waals surface area contributed by atoms with Crippen LogP contribution < -0.4 is 0 Å². The van der Waals surface area contributed by atoms with Crippen LogP contribution in [0.15, 0.2) is 30.5 Å². The van der Waals surface area contributed by atoms with E-state index in [4.69, 9.17) is 4.74 Å². The van der Waals surface area contributed by atoms with Gasteiger partial charge in [-0.3, -0.25) is 4.79 Å². The Kier molecular flexibility index (Phi) is 4.31. The largest absolute Gasteiger partial charge is 0.379 e. The Bertz CT molecular complexity index is 732. The van der Waals surface area contributed by atoms with Crippen LogP contribution in [0.25, 0.3) is 10.9 Å². The van der Waals surface area contributed by atoms with Gasteiger partial charge in [0.2, 0.25) is 5.91 Å². The van der Waals surface area contributed by atoms with Crippen molar-refractivity contribution in [2.75, 3.05) is 26.3 Å². The maximum absolute atomic E-state index is 12.6. The van der Waals surface area contributed by atoms with Crippen LogP contribution in [-0.2, 0) is 23.0 Å². The van der Waals surface area contributed by atoms with E-state index in [1.807, 2.05) is 0 Å². The summed E-state index contributed by atoms with van der Waals surface area (Å²) >= 11 is 0. The zero-order chi connectivity index (χ0) is 16.5. The smallest absolute Gasteiger partial charge is 0.225 e. The molecule has 4 heteroatoms. The van der Waals surface area contributed by atoms with Gasteiger partial charge in [-0.1, -0.05) is 12.5 Å². The fraction of sp³-hybridized carbons (Fsp3) is 0.550. The second-order valence-electron chi connectivity index (χ2n) is 7.38. The van der Waals surface area contributed by atoms with E-state index >= 15 is 0 Å². The third-order valence-corrected chi connectivity index (χ3v) is 5.58. The van der Waals surface area contributed by atoms with Crippen molar-refractivity contribution >= 4 is 16.8 Å². The first kappa shape index (κ1) is 15.7. The quantitative estimate of drug-likeness (QED) is 0.869. The van der Waals surface area contributed by atoms with E-state index in [2.05, 4.69) is 47.0 Å². The maximum atomic E-state index is 12.6. The zero-order valence-electron chi connectivity index (χ0n) is 14.4. The number of nitrogens with zero attached hydrogens (tertiary/aromatic N) is 2. The average Bonchev–Trinajstić information content (AvgIpc) is 2.74. The first-order chi connectivity index (χ1) is 11.7. The van der Waals surface area contributed by atoms with Crippen LogP contribution in [0.4, 0.5) is 0 Å². The van der Waals surface area contributed by atoms with Crippen LogP contribution in [0.2, 0.25) is 0 Å². The van der Waals surface area contributed by atoms with Gasteiger partial charge < -0.3 is 14.2 Å². The van der Waals surface area contributed by atoms with Gasteiger partial charge in [0.25, 0.3) is 0 Å². The number of aryl methyl sites for hydroxylation is 1. The van der Waals surface area contributed by atoms with Crippen LogP contribution in [0.1, 0.15) is 24.8 Å². The monoisotopic (exact) mass is 326 g/mol. The second-order valence-corrected chi connectivity index (χ2v) is 7.38. The number of hydrogen-bond donors (Lipinski definition) is 0. The molecule has 24 heavy (non-hydrogen) atoms. The Balaban J connectivity index is 1.46. The lowest BCUT2D eigenvalue weighted by molar-refractivity contribution is -0.138. The number of benzene rings is 1. The van der Waals surface area contributed by atoms with Crippen LogP contribution >= 0.6 is 0 Å². The Morgan fingerprint density at radius 3 is 2.96 bits per heavy atom. The van der Waals surface area contributed by atoms with Crippen LogP contribution in [-0.4, -0.2) is 41.7 Å². The minimum absolute atomic E-state index is 0.282. The summed E-state index contributed by atoms with van der Waals surface area (Å²) in [6.45, 7) is 3.01. The summed E-state index contributed by atoms with van der Waals surface area (Å²) in [5.74, 6) is 1.03.